The molecule has 0 aliphatic rings. The number of alkyl halides is 1. The number of ether oxygens (including phenoxy) is 1. The third-order valence-corrected chi connectivity index (χ3v) is 2.41. The summed E-state index contributed by atoms with van der Waals surface area (Å²) in [5.74, 6) is -2.53. The molecule has 0 saturated heterocycles. The van der Waals surface area contributed by atoms with Crippen LogP contribution in [0.15, 0.2) is 30.3 Å². The summed E-state index contributed by atoms with van der Waals surface area (Å²) >= 11 is 0. The van der Waals surface area contributed by atoms with Gasteiger partial charge < -0.3 is 4.74 Å². The number of Topliss-reactive ketones (excluding diaryl/α,β-unsaturated/α-hetero) is 1. The second kappa shape index (κ2) is 6.13. The van der Waals surface area contributed by atoms with Crippen molar-refractivity contribution in [2.24, 2.45) is 5.92 Å². The van der Waals surface area contributed by atoms with E-state index in [4.69, 9.17) is 0 Å². The Balaban J connectivity index is 2.73. The molecule has 0 amide bonds. The number of esters is 1. The highest BCUT2D eigenvalue weighted by atomic mass is 19.1. The maximum Gasteiger partial charge on any atom is 0.316 e. The van der Waals surface area contributed by atoms with Crippen LogP contribution in [0.4, 0.5) is 4.39 Å². The molecule has 0 aliphatic heterocycles. The van der Waals surface area contributed by atoms with Gasteiger partial charge >= 0.3 is 5.97 Å². The lowest BCUT2D eigenvalue weighted by molar-refractivity contribution is -0.152. The first-order valence-corrected chi connectivity index (χ1v) is 5.47. The highest BCUT2D eigenvalue weighted by Gasteiger charge is 2.30. The summed E-state index contributed by atoms with van der Waals surface area (Å²) in [6.45, 7) is 3.17. The summed E-state index contributed by atoms with van der Waals surface area (Å²) in [6, 6.07) is 8.05. The maximum atomic E-state index is 13.8. The number of carbonyl (C=O) groups excluding carboxylic acids is 2. The number of benzene rings is 1. The molecule has 3 nitrogen and oxygen atoms in total. The van der Waals surface area contributed by atoms with Gasteiger partial charge in [-0.1, -0.05) is 30.3 Å². The van der Waals surface area contributed by atoms with Crippen molar-refractivity contribution in [1.29, 1.82) is 0 Å². The Hall–Kier alpha value is -1.71. The van der Waals surface area contributed by atoms with Crippen molar-refractivity contribution in [3.05, 3.63) is 35.9 Å². The van der Waals surface area contributed by atoms with E-state index >= 15 is 0 Å². The van der Waals surface area contributed by atoms with E-state index in [0.29, 0.717) is 0 Å². The van der Waals surface area contributed by atoms with Gasteiger partial charge in [-0.3, -0.25) is 9.59 Å². The van der Waals surface area contributed by atoms with E-state index in [-0.39, 0.29) is 12.2 Å². The minimum absolute atomic E-state index is 0.179. The van der Waals surface area contributed by atoms with Crippen LogP contribution in [0.25, 0.3) is 0 Å². The second-order valence-electron chi connectivity index (χ2n) is 3.65. The van der Waals surface area contributed by atoms with Crippen LogP contribution in [-0.4, -0.2) is 18.4 Å². The smallest absolute Gasteiger partial charge is 0.316 e. The molecule has 2 unspecified atom stereocenters. The second-order valence-corrected chi connectivity index (χ2v) is 3.65. The Morgan fingerprint density at radius 3 is 2.41 bits per heavy atom. The largest absolute Gasteiger partial charge is 0.465 e. The van der Waals surface area contributed by atoms with Crippen LogP contribution in [-0.2, 0) is 14.3 Å². The number of ketones is 1. The van der Waals surface area contributed by atoms with Gasteiger partial charge in [0.1, 0.15) is 5.92 Å². The summed E-state index contributed by atoms with van der Waals surface area (Å²) < 4.78 is 18.5. The lowest BCUT2D eigenvalue weighted by Crippen LogP contribution is -2.26. The average molecular weight is 238 g/mol. The Labute approximate surface area is 99.6 Å². The van der Waals surface area contributed by atoms with E-state index < -0.39 is 23.8 Å². The van der Waals surface area contributed by atoms with E-state index in [9.17, 15) is 14.0 Å². The zero-order chi connectivity index (χ0) is 12.8. The number of hydrogen-bond donors (Lipinski definition) is 0. The average Bonchev–Trinajstić information content (AvgIpc) is 2.37. The zero-order valence-corrected chi connectivity index (χ0v) is 9.85. The fraction of sp³-hybridized carbons (Fsp3) is 0.385. The first-order chi connectivity index (χ1) is 8.07. The van der Waals surface area contributed by atoms with E-state index in [1.807, 2.05) is 0 Å². The molecule has 0 aromatic heterocycles. The van der Waals surface area contributed by atoms with Gasteiger partial charge in [0.2, 0.25) is 0 Å². The topological polar surface area (TPSA) is 43.4 Å². The van der Waals surface area contributed by atoms with Crippen LogP contribution in [0, 0.1) is 5.92 Å². The molecular weight excluding hydrogens is 223 g/mol. The molecule has 4 heteroatoms. The van der Waals surface area contributed by atoms with Crippen molar-refractivity contribution in [3.8, 4) is 0 Å². The predicted octanol–water partition coefficient (Wildman–Crippen LogP) is 2.47. The number of hydrogen-bond acceptors (Lipinski definition) is 3. The van der Waals surface area contributed by atoms with Crippen molar-refractivity contribution in [3.63, 3.8) is 0 Å². The molecule has 0 bridgehead atoms. The number of rotatable bonds is 5. The van der Waals surface area contributed by atoms with Crippen molar-refractivity contribution >= 4 is 11.8 Å². The predicted molar refractivity (Wildman–Crippen MR) is 61.1 cm³/mol. The van der Waals surface area contributed by atoms with E-state index in [0.717, 1.165) is 0 Å². The monoisotopic (exact) mass is 238 g/mol. The lowest BCUT2D eigenvalue weighted by atomic mass is 9.98. The molecule has 1 aromatic rings. The molecule has 2 atom stereocenters. The third kappa shape index (κ3) is 3.37. The Morgan fingerprint density at radius 1 is 1.29 bits per heavy atom. The minimum atomic E-state index is -1.78. The summed E-state index contributed by atoms with van der Waals surface area (Å²) in [6.07, 6.45) is -1.78. The van der Waals surface area contributed by atoms with Gasteiger partial charge in [-0.15, -0.1) is 0 Å². The van der Waals surface area contributed by atoms with E-state index in [2.05, 4.69) is 4.74 Å². The number of halogens is 1. The molecule has 0 radical (unpaired) electrons. The fourth-order valence-corrected chi connectivity index (χ4v) is 1.39. The van der Waals surface area contributed by atoms with Gasteiger partial charge in [0.15, 0.2) is 12.0 Å². The summed E-state index contributed by atoms with van der Waals surface area (Å²) in [5.41, 5.74) is 0.258. The molecule has 0 spiro atoms. The molecule has 0 N–H and O–H groups in total. The van der Waals surface area contributed by atoms with Crippen molar-refractivity contribution in [2.75, 3.05) is 6.61 Å². The van der Waals surface area contributed by atoms with Gasteiger partial charge in [-0.25, -0.2) is 4.39 Å². The summed E-state index contributed by atoms with van der Waals surface area (Å²) in [5, 5.41) is 0. The van der Waals surface area contributed by atoms with Crippen molar-refractivity contribution < 1.29 is 18.7 Å². The molecule has 0 aliphatic carbocycles. The fourth-order valence-electron chi connectivity index (χ4n) is 1.39. The van der Waals surface area contributed by atoms with Crippen LogP contribution < -0.4 is 0 Å². The van der Waals surface area contributed by atoms with E-state index in [1.54, 1.807) is 25.1 Å². The van der Waals surface area contributed by atoms with Crippen LogP contribution in [0.2, 0.25) is 0 Å². The van der Waals surface area contributed by atoms with Gasteiger partial charge in [-0.2, -0.15) is 0 Å². The normalized spacial score (nSPS) is 13.8. The van der Waals surface area contributed by atoms with Crippen molar-refractivity contribution in [2.45, 2.75) is 20.0 Å². The molecule has 1 aromatic carbocycles. The van der Waals surface area contributed by atoms with Gasteiger partial charge in [0.25, 0.3) is 0 Å². The standard InChI is InChI=1S/C13H15FO3/c1-3-17-13(16)9(2)12(15)11(14)10-7-5-4-6-8-10/h4-9,11H,3H2,1-2H3. The lowest BCUT2D eigenvalue weighted by Gasteiger charge is -2.12. The third-order valence-electron chi connectivity index (χ3n) is 2.41. The molecule has 17 heavy (non-hydrogen) atoms. The highest BCUT2D eigenvalue weighted by molar-refractivity contribution is 6.01. The molecule has 0 heterocycles. The van der Waals surface area contributed by atoms with Crippen LogP contribution in [0.5, 0.6) is 0 Å². The van der Waals surface area contributed by atoms with E-state index in [1.165, 1.54) is 19.1 Å². The summed E-state index contributed by atoms with van der Waals surface area (Å²) in [7, 11) is 0. The highest BCUT2D eigenvalue weighted by Crippen LogP contribution is 2.22. The Bertz CT molecular complexity index is 389. The van der Waals surface area contributed by atoms with Gasteiger partial charge in [-0.05, 0) is 19.4 Å². The first kappa shape index (κ1) is 13.4. The Kier molecular flexibility index (Phi) is 4.82. The Morgan fingerprint density at radius 2 is 1.88 bits per heavy atom. The van der Waals surface area contributed by atoms with Gasteiger partial charge in [0, 0.05) is 0 Å². The minimum Gasteiger partial charge on any atom is -0.465 e. The SMILES string of the molecule is CCOC(=O)C(C)C(=O)C(F)c1ccccc1. The molecule has 92 valence electrons. The maximum absolute atomic E-state index is 13.8. The molecule has 0 fully saturated rings. The van der Waals surface area contributed by atoms with Crippen molar-refractivity contribution in [1.82, 2.24) is 0 Å². The zero-order valence-electron chi connectivity index (χ0n) is 9.85. The van der Waals surface area contributed by atoms with Gasteiger partial charge in [0.05, 0.1) is 6.61 Å². The first-order valence-electron chi connectivity index (χ1n) is 5.47. The number of carbonyl (C=O) groups is 2. The quantitative estimate of drug-likeness (QED) is 0.584. The van der Waals surface area contributed by atoms with Crippen LogP contribution in [0.1, 0.15) is 25.6 Å². The van der Waals surface area contributed by atoms with Crippen LogP contribution in [0.3, 0.4) is 0 Å². The molecular formula is C13H15FO3. The van der Waals surface area contributed by atoms with Crippen LogP contribution >= 0.6 is 0 Å². The molecule has 1 rings (SSSR count). The molecule has 0 saturated carbocycles. The summed E-state index contributed by atoms with van der Waals surface area (Å²) in [4.78, 5) is 23.0.